The molecule has 2 aliphatic rings. The number of Topliss-reactive ketones (excluding diaryl/α,β-unsaturated/α-hetero) is 1. The minimum Gasteiger partial charge on any atom is -0.318 e. The van der Waals surface area contributed by atoms with E-state index in [0.29, 0.717) is 12.2 Å². The summed E-state index contributed by atoms with van der Waals surface area (Å²) in [5.74, 6) is -1.41. The number of sulfonamides is 1. The molecule has 2 heterocycles. The molecule has 140 valence electrons. The number of hydrogen-bond donors (Lipinski definition) is 1. The van der Waals surface area contributed by atoms with Crippen LogP contribution >= 0.6 is 0 Å². The third kappa shape index (κ3) is 3.28. The molecule has 0 radical (unpaired) electrons. The Morgan fingerprint density at radius 1 is 1.07 bits per heavy atom. The van der Waals surface area contributed by atoms with Gasteiger partial charge in [-0.1, -0.05) is 30.3 Å². The molecule has 0 aromatic heterocycles. The average Bonchev–Trinajstić information content (AvgIpc) is 3.26. The summed E-state index contributed by atoms with van der Waals surface area (Å²) in [4.78, 5) is 23.5. The monoisotopic (exact) mass is 384 g/mol. The van der Waals surface area contributed by atoms with Crippen LogP contribution < -0.4 is 5.32 Å². The Morgan fingerprint density at radius 3 is 2.63 bits per heavy atom. The number of nitrogens with zero attached hydrogens (tertiary/aromatic N) is 1. The molecule has 0 saturated carbocycles. The summed E-state index contributed by atoms with van der Waals surface area (Å²) in [6.45, 7) is 0.476. The smallest absolute Gasteiger partial charge is 0.296 e. The van der Waals surface area contributed by atoms with Gasteiger partial charge in [0.1, 0.15) is 0 Å². The van der Waals surface area contributed by atoms with Gasteiger partial charge in [0.05, 0.1) is 16.1 Å². The summed E-state index contributed by atoms with van der Waals surface area (Å²) < 4.78 is 27.9. The van der Waals surface area contributed by atoms with E-state index < -0.39 is 21.7 Å². The van der Waals surface area contributed by atoms with Gasteiger partial charge in [0.15, 0.2) is 0 Å². The van der Waals surface area contributed by atoms with E-state index in [9.17, 15) is 18.0 Å². The quantitative estimate of drug-likeness (QED) is 0.803. The number of amides is 1. The van der Waals surface area contributed by atoms with E-state index in [-0.39, 0.29) is 16.5 Å². The second-order valence-corrected chi connectivity index (χ2v) is 8.82. The Morgan fingerprint density at radius 2 is 1.85 bits per heavy atom. The summed E-state index contributed by atoms with van der Waals surface area (Å²) in [5.41, 5.74) is 1.68. The predicted octanol–water partition coefficient (Wildman–Crippen LogP) is 2.61. The second kappa shape index (κ2) is 6.90. The Bertz CT molecular complexity index is 1000. The zero-order chi connectivity index (χ0) is 19.0. The molecule has 0 unspecified atom stereocenters. The number of anilines is 1. The van der Waals surface area contributed by atoms with Crippen molar-refractivity contribution in [3.63, 3.8) is 0 Å². The summed E-state index contributed by atoms with van der Waals surface area (Å²) in [6.07, 6.45) is 3.23. The van der Waals surface area contributed by atoms with Crippen LogP contribution in [0.1, 0.15) is 35.2 Å². The molecule has 1 amide bonds. The maximum absolute atomic E-state index is 13.2. The fraction of sp³-hybridized carbons (Fsp3) is 0.300. The van der Waals surface area contributed by atoms with Crippen molar-refractivity contribution >= 4 is 27.4 Å². The van der Waals surface area contributed by atoms with E-state index in [1.807, 2.05) is 30.3 Å². The van der Waals surface area contributed by atoms with Crippen LogP contribution in [0, 0.1) is 0 Å². The number of aryl methyl sites for hydroxylation is 1. The molecule has 2 aromatic carbocycles. The second-order valence-electron chi connectivity index (χ2n) is 6.93. The molecule has 1 N–H and O–H groups in total. The molecule has 1 saturated heterocycles. The van der Waals surface area contributed by atoms with Gasteiger partial charge in [0.25, 0.3) is 11.7 Å². The van der Waals surface area contributed by atoms with Gasteiger partial charge in [0, 0.05) is 12.6 Å². The lowest BCUT2D eigenvalue weighted by Crippen LogP contribution is -2.35. The standard InChI is InChI=1S/C20H20N2O4S/c23-19-17-13-16(10-11-18(17)21-20(19)24)27(25,26)22-12-4-7-15(22)9-8-14-5-2-1-3-6-14/h1-3,5-6,10-11,13,15H,4,7-9,12H2,(H,21,23,24)/t15-/m0/s1. The lowest BCUT2D eigenvalue weighted by molar-refractivity contribution is -0.112. The summed E-state index contributed by atoms with van der Waals surface area (Å²) in [6, 6.07) is 14.2. The fourth-order valence-corrected chi connectivity index (χ4v) is 5.56. The lowest BCUT2D eigenvalue weighted by atomic mass is 10.0. The van der Waals surface area contributed by atoms with Crippen LogP contribution in [-0.4, -0.2) is 37.0 Å². The van der Waals surface area contributed by atoms with Crippen molar-refractivity contribution in [1.29, 1.82) is 0 Å². The maximum Gasteiger partial charge on any atom is 0.296 e. The topological polar surface area (TPSA) is 83.6 Å². The highest BCUT2D eigenvalue weighted by Crippen LogP contribution is 2.32. The van der Waals surface area contributed by atoms with Gasteiger partial charge in [-0.3, -0.25) is 9.59 Å². The molecule has 1 atom stereocenters. The van der Waals surface area contributed by atoms with Crippen LogP contribution in [0.4, 0.5) is 5.69 Å². The van der Waals surface area contributed by atoms with E-state index in [2.05, 4.69) is 5.32 Å². The minimum atomic E-state index is -3.71. The third-order valence-electron chi connectivity index (χ3n) is 5.23. The van der Waals surface area contributed by atoms with E-state index in [1.165, 1.54) is 23.8 Å². The van der Waals surface area contributed by atoms with E-state index in [0.717, 1.165) is 25.7 Å². The number of benzene rings is 2. The Kier molecular flexibility index (Phi) is 4.57. The van der Waals surface area contributed by atoms with E-state index in [4.69, 9.17) is 0 Å². The average molecular weight is 384 g/mol. The highest BCUT2D eigenvalue weighted by atomic mass is 32.2. The van der Waals surface area contributed by atoms with Gasteiger partial charge in [0.2, 0.25) is 10.0 Å². The van der Waals surface area contributed by atoms with Crippen molar-refractivity contribution < 1.29 is 18.0 Å². The molecule has 2 aromatic rings. The Hall–Kier alpha value is -2.51. The first kappa shape index (κ1) is 17.9. The molecule has 6 nitrogen and oxygen atoms in total. The maximum atomic E-state index is 13.2. The zero-order valence-electron chi connectivity index (χ0n) is 14.7. The van der Waals surface area contributed by atoms with Crippen molar-refractivity contribution in [3.8, 4) is 0 Å². The van der Waals surface area contributed by atoms with Crippen molar-refractivity contribution in [2.45, 2.75) is 36.6 Å². The van der Waals surface area contributed by atoms with Crippen LogP contribution in [0.15, 0.2) is 53.4 Å². The summed E-state index contributed by atoms with van der Waals surface area (Å²) in [5, 5.41) is 2.45. The summed E-state index contributed by atoms with van der Waals surface area (Å²) in [7, 11) is -3.71. The molecule has 0 spiro atoms. The molecule has 0 aliphatic carbocycles. The van der Waals surface area contributed by atoms with Crippen LogP contribution in [0.3, 0.4) is 0 Å². The van der Waals surface area contributed by atoms with Crippen LogP contribution in [0.2, 0.25) is 0 Å². The predicted molar refractivity (Wildman–Crippen MR) is 101 cm³/mol. The van der Waals surface area contributed by atoms with Gasteiger partial charge in [-0.15, -0.1) is 0 Å². The van der Waals surface area contributed by atoms with Gasteiger partial charge >= 0.3 is 0 Å². The Balaban J connectivity index is 1.56. The third-order valence-corrected chi connectivity index (χ3v) is 7.18. The number of carbonyl (C=O) groups excluding carboxylic acids is 2. The highest BCUT2D eigenvalue weighted by Gasteiger charge is 2.36. The first-order valence-corrected chi connectivity index (χ1v) is 10.5. The number of fused-ring (bicyclic) bond motifs is 1. The highest BCUT2D eigenvalue weighted by molar-refractivity contribution is 7.89. The zero-order valence-corrected chi connectivity index (χ0v) is 15.5. The van der Waals surface area contributed by atoms with Crippen LogP contribution in [0.5, 0.6) is 0 Å². The van der Waals surface area contributed by atoms with Gasteiger partial charge in [-0.25, -0.2) is 8.42 Å². The van der Waals surface area contributed by atoms with Crippen molar-refractivity contribution in [2.75, 3.05) is 11.9 Å². The van der Waals surface area contributed by atoms with Gasteiger partial charge in [-0.05, 0) is 49.4 Å². The first-order valence-electron chi connectivity index (χ1n) is 9.02. The minimum absolute atomic E-state index is 0.0566. The molecule has 7 heteroatoms. The molecule has 0 bridgehead atoms. The van der Waals surface area contributed by atoms with Crippen LogP contribution in [0.25, 0.3) is 0 Å². The number of nitrogens with one attached hydrogen (secondary N) is 1. The summed E-state index contributed by atoms with van der Waals surface area (Å²) >= 11 is 0. The van der Waals surface area contributed by atoms with Crippen molar-refractivity contribution in [3.05, 3.63) is 59.7 Å². The molecule has 4 rings (SSSR count). The first-order chi connectivity index (χ1) is 13.0. The lowest BCUT2D eigenvalue weighted by Gasteiger charge is -2.24. The van der Waals surface area contributed by atoms with E-state index in [1.54, 1.807) is 4.31 Å². The number of hydrogen-bond acceptors (Lipinski definition) is 4. The molecule has 1 fully saturated rings. The normalized spacial score (nSPS) is 19.9. The molecule has 27 heavy (non-hydrogen) atoms. The molecular formula is C20H20N2O4S. The Labute approximate surface area is 158 Å². The molecular weight excluding hydrogens is 364 g/mol. The number of rotatable bonds is 5. The number of carbonyl (C=O) groups is 2. The number of ketones is 1. The van der Waals surface area contributed by atoms with Gasteiger partial charge in [-0.2, -0.15) is 4.31 Å². The van der Waals surface area contributed by atoms with Crippen LogP contribution in [-0.2, 0) is 21.2 Å². The SMILES string of the molecule is O=C1Nc2ccc(S(=O)(=O)N3CCC[C@H]3CCc3ccccc3)cc2C1=O. The van der Waals surface area contributed by atoms with Gasteiger partial charge < -0.3 is 5.32 Å². The molecule has 2 aliphatic heterocycles. The fourth-order valence-electron chi connectivity index (χ4n) is 3.81. The largest absolute Gasteiger partial charge is 0.318 e. The van der Waals surface area contributed by atoms with Crippen molar-refractivity contribution in [1.82, 2.24) is 4.31 Å². The van der Waals surface area contributed by atoms with E-state index >= 15 is 0 Å². The van der Waals surface area contributed by atoms with Crippen molar-refractivity contribution in [2.24, 2.45) is 0 Å².